The van der Waals surface area contributed by atoms with Crippen molar-refractivity contribution >= 4 is 17.7 Å². The van der Waals surface area contributed by atoms with Gasteiger partial charge in [0, 0.05) is 6.07 Å². The molecule has 0 aromatic heterocycles. The Kier molecular flexibility index (Phi) is 5.40. The number of nitrogens with one attached hydrogen (secondary N) is 2. The Bertz CT molecular complexity index is 532. The number of urea groups is 1. The molecule has 0 aliphatic rings. The molecule has 0 saturated heterocycles. The van der Waals surface area contributed by atoms with Crippen LogP contribution in [0.2, 0.25) is 0 Å². The lowest BCUT2D eigenvalue weighted by atomic mass is 10.00. The Morgan fingerprint density at radius 1 is 1.29 bits per heavy atom. The molecule has 1 aromatic carbocycles. The second-order valence-electron chi connectivity index (χ2n) is 4.64. The Morgan fingerprint density at radius 2 is 1.95 bits per heavy atom. The third-order valence-corrected chi connectivity index (χ3v) is 3.23. The van der Waals surface area contributed by atoms with E-state index in [1.165, 1.54) is 21.1 Å². The number of carbonyl (C=O) groups is 2. The number of amides is 2. The highest BCUT2D eigenvalue weighted by atomic mass is 16.5. The zero-order valence-corrected chi connectivity index (χ0v) is 12.5. The molecule has 1 rings (SSSR count). The van der Waals surface area contributed by atoms with Gasteiger partial charge >= 0.3 is 12.0 Å². The molecule has 7 heteroatoms. The average molecular weight is 296 g/mol. The predicted octanol–water partition coefficient (Wildman–Crippen LogP) is 2.08. The first-order valence-electron chi connectivity index (χ1n) is 6.41. The Morgan fingerprint density at radius 3 is 2.43 bits per heavy atom. The minimum absolute atomic E-state index is 0.259. The van der Waals surface area contributed by atoms with E-state index in [2.05, 4.69) is 10.6 Å². The highest BCUT2D eigenvalue weighted by Crippen LogP contribution is 2.29. The summed E-state index contributed by atoms with van der Waals surface area (Å²) in [5.41, 5.74) is -0.913. The van der Waals surface area contributed by atoms with Crippen LogP contribution < -0.4 is 20.1 Å². The molecular formula is C14H20N2O5. The largest absolute Gasteiger partial charge is 0.497 e. The number of methoxy groups -OCH3 is 2. The molecule has 21 heavy (non-hydrogen) atoms. The molecule has 0 fully saturated rings. The van der Waals surface area contributed by atoms with E-state index in [0.29, 0.717) is 17.2 Å². The van der Waals surface area contributed by atoms with Gasteiger partial charge in [-0.1, -0.05) is 6.92 Å². The summed E-state index contributed by atoms with van der Waals surface area (Å²) < 4.78 is 10.2. The quantitative estimate of drug-likeness (QED) is 0.746. The first-order chi connectivity index (χ1) is 9.86. The summed E-state index contributed by atoms with van der Waals surface area (Å²) in [4.78, 5) is 23.1. The Hall–Kier alpha value is -2.44. The maximum atomic E-state index is 11.9. The maximum Gasteiger partial charge on any atom is 0.329 e. The van der Waals surface area contributed by atoms with Gasteiger partial charge in [-0.25, -0.2) is 9.59 Å². The van der Waals surface area contributed by atoms with E-state index in [-0.39, 0.29) is 6.42 Å². The number of carboxylic acid groups (broad SMARTS) is 1. The monoisotopic (exact) mass is 296 g/mol. The third kappa shape index (κ3) is 4.01. The Balaban J connectivity index is 2.86. The van der Waals surface area contributed by atoms with Crippen LogP contribution in [0.25, 0.3) is 0 Å². The van der Waals surface area contributed by atoms with Gasteiger partial charge < -0.3 is 25.2 Å². The molecule has 0 saturated carbocycles. The van der Waals surface area contributed by atoms with Gasteiger partial charge in [-0.15, -0.1) is 0 Å². The molecule has 116 valence electrons. The maximum absolute atomic E-state index is 11.9. The number of carbonyl (C=O) groups excluding carboxylic acids is 1. The van der Waals surface area contributed by atoms with Crippen molar-refractivity contribution in [2.24, 2.45) is 0 Å². The van der Waals surface area contributed by atoms with E-state index >= 15 is 0 Å². The molecule has 3 N–H and O–H groups in total. The average Bonchev–Trinajstić information content (AvgIpc) is 2.47. The van der Waals surface area contributed by atoms with Crippen molar-refractivity contribution in [2.75, 3.05) is 19.5 Å². The second kappa shape index (κ2) is 6.83. The highest BCUT2D eigenvalue weighted by molar-refractivity contribution is 5.94. The summed E-state index contributed by atoms with van der Waals surface area (Å²) in [7, 11) is 2.99. The molecule has 0 spiro atoms. The predicted molar refractivity (Wildman–Crippen MR) is 78.0 cm³/mol. The standard InChI is InChI=1S/C14H20N2O5/c1-5-14(2,12(17)18)16-13(19)15-10-7-6-9(20-3)8-11(10)21-4/h6-8H,5H2,1-4H3,(H,17,18)(H2,15,16,19). The van der Waals surface area contributed by atoms with E-state index < -0.39 is 17.5 Å². The first kappa shape index (κ1) is 16.6. The number of ether oxygens (including phenoxy) is 2. The number of anilines is 1. The topological polar surface area (TPSA) is 96.9 Å². The normalized spacial score (nSPS) is 13.0. The van der Waals surface area contributed by atoms with Crippen molar-refractivity contribution in [2.45, 2.75) is 25.8 Å². The van der Waals surface area contributed by atoms with Crippen LogP contribution in [0.5, 0.6) is 11.5 Å². The van der Waals surface area contributed by atoms with Crippen LogP contribution in [0.1, 0.15) is 20.3 Å². The lowest BCUT2D eigenvalue weighted by molar-refractivity contribution is -0.143. The smallest absolute Gasteiger partial charge is 0.329 e. The lowest BCUT2D eigenvalue weighted by Crippen LogP contribution is -2.53. The summed E-state index contributed by atoms with van der Waals surface area (Å²) >= 11 is 0. The van der Waals surface area contributed by atoms with Crippen molar-refractivity contribution in [1.82, 2.24) is 5.32 Å². The van der Waals surface area contributed by atoms with Gasteiger partial charge in [-0.3, -0.25) is 0 Å². The van der Waals surface area contributed by atoms with Gasteiger partial charge in [0.2, 0.25) is 0 Å². The van der Waals surface area contributed by atoms with Crippen molar-refractivity contribution in [1.29, 1.82) is 0 Å². The van der Waals surface area contributed by atoms with Gasteiger partial charge in [0.05, 0.1) is 19.9 Å². The molecule has 1 atom stereocenters. The van der Waals surface area contributed by atoms with Gasteiger partial charge in [-0.2, -0.15) is 0 Å². The second-order valence-corrected chi connectivity index (χ2v) is 4.64. The number of benzene rings is 1. The van der Waals surface area contributed by atoms with Gasteiger partial charge in [0.15, 0.2) is 0 Å². The molecule has 7 nitrogen and oxygen atoms in total. The first-order valence-corrected chi connectivity index (χ1v) is 6.41. The molecule has 0 heterocycles. The molecule has 1 unspecified atom stereocenters. The van der Waals surface area contributed by atoms with Crippen molar-refractivity contribution in [3.05, 3.63) is 18.2 Å². The summed E-state index contributed by atoms with van der Waals surface area (Å²) in [6, 6.07) is 4.27. The molecule has 0 aliphatic heterocycles. The van der Waals surface area contributed by atoms with E-state index in [1.807, 2.05) is 0 Å². The van der Waals surface area contributed by atoms with Gasteiger partial charge in [0.25, 0.3) is 0 Å². The van der Waals surface area contributed by atoms with E-state index in [9.17, 15) is 9.59 Å². The van der Waals surface area contributed by atoms with Crippen LogP contribution in [-0.4, -0.2) is 36.9 Å². The minimum atomic E-state index is -1.33. The number of hydrogen-bond acceptors (Lipinski definition) is 4. The molecule has 0 radical (unpaired) electrons. The van der Waals surface area contributed by atoms with Crippen molar-refractivity contribution < 1.29 is 24.2 Å². The fourth-order valence-electron chi connectivity index (χ4n) is 1.60. The number of carboxylic acids is 1. The molecule has 0 aliphatic carbocycles. The van der Waals surface area contributed by atoms with Crippen LogP contribution in [-0.2, 0) is 4.79 Å². The van der Waals surface area contributed by atoms with Crippen LogP contribution in [0.3, 0.4) is 0 Å². The summed E-state index contributed by atoms with van der Waals surface area (Å²) in [6.07, 6.45) is 0.259. The van der Waals surface area contributed by atoms with E-state index in [4.69, 9.17) is 14.6 Å². The zero-order chi connectivity index (χ0) is 16.0. The zero-order valence-electron chi connectivity index (χ0n) is 12.5. The van der Waals surface area contributed by atoms with Crippen molar-refractivity contribution in [3.8, 4) is 11.5 Å². The minimum Gasteiger partial charge on any atom is -0.497 e. The molecule has 2 amide bonds. The summed E-state index contributed by atoms with van der Waals surface area (Å²) in [5, 5.41) is 14.1. The summed E-state index contributed by atoms with van der Waals surface area (Å²) in [6.45, 7) is 3.13. The number of hydrogen-bond donors (Lipinski definition) is 3. The lowest BCUT2D eigenvalue weighted by Gasteiger charge is -2.25. The molecular weight excluding hydrogens is 276 g/mol. The molecule has 0 bridgehead atoms. The molecule has 1 aromatic rings. The van der Waals surface area contributed by atoms with Crippen LogP contribution in [0, 0.1) is 0 Å². The Labute approximate surface area is 123 Å². The number of aliphatic carboxylic acids is 1. The van der Waals surface area contributed by atoms with Crippen LogP contribution >= 0.6 is 0 Å². The van der Waals surface area contributed by atoms with E-state index in [1.54, 1.807) is 25.1 Å². The van der Waals surface area contributed by atoms with Gasteiger partial charge in [-0.05, 0) is 25.5 Å². The number of rotatable bonds is 6. The fraction of sp³-hybridized carbons (Fsp3) is 0.429. The van der Waals surface area contributed by atoms with Crippen LogP contribution in [0.15, 0.2) is 18.2 Å². The fourth-order valence-corrected chi connectivity index (χ4v) is 1.60. The van der Waals surface area contributed by atoms with E-state index in [0.717, 1.165) is 0 Å². The van der Waals surface area contributed by atoms with Crippen molar-refractivity contribution in [3.63, 3.8) is 0 Å². The third-order valence-electron chi connectivity index (χ3n) is 3.23. The summed E-state index contributed by atoms with van der Waals surface area (Å²) in [5.74, 6) is -0.0957. The van der Waals surface area contributed by atoms with Gasteiger partial charge in [0.1, 0.15) is 17.0 Å². The highest BCUT2D eigenvalue weighted by Gasteiger charge is 2.32. The van der Waals surface area contributed by atoms with Crippen LogP contribution in [0.4, 0.5) is 10.5 Å². The SMILES string of the molecule is CCC(C)(NC(=O)Nc1ccc(OC)cc1OC)C(=O)O.